The predicted octanol–water partition coefficient (Wildman–Crippen LogP) is 1.16. The molecule has 0 bridgehead atoms. The Labute approximate surface area is 156 Å². The third-order valence-corrected chi connectivity index (χ3v) is 6.70. The fourth-order valence-corrected chi connectivity index (χ4v) is 4.12. The van der Waals surface area contributed by atoms with Gasteiger partial charge in [0, 0.05) is 32.2 Å². The van der Waals surface area contributed by atoms with E-state index in [0.717, 1.165) is 0 Å². The first kappa shape index (κ1) is 20.7. The molecule has 0 aliphatic carbocycles. The summed E-state index contributed by atoms with van der Waals surface area (Å²) in [5, 5.41) is 2.98. The van der Waals surface area contributed by atoms with Crippen LogP contribution in [-0.4, -0.2) is 69.4 Å². The lowest BCUT2D eigenvalue weighted by Crippen LogP contribution is -2.51. The van der Waals surface area contributed by atoms with Crippen molar-refractivity contribution in [1.82, 2.24) is 14.5 Å². The van der Waals surface area contributed by atoms with Crippen LogP contribution in [0, 0.1) is 5.92 Å². The Morgan fingerprint density at radius 2 is 1.69 bits per heavy atom. The second-order valence-electron chi connectivity index (χ2n) is 6.96. The molecule has 1 aromatic rings. The van der Waals surface area contributed by atoms with Crippen molar-refractivity contribution < 1.29 is 17.9 Å². The summed E-state index contributed by atoms with van der Waals surface area (Å²) in [6.45, 7) is 8.25. The molecule has 1 fully saturated rings. The van der Waals surface area contributed by atoms with E-state index in [1.54, 1.807) is 31.4 Å². The number of benzene rings is 1. The van der Waals surface area contributed by atoms with Gasteiger partial charge in [0.05, 0.1) is 18.6 Å². The van der Waals surface area contributed by atoms with Gasteiger partial charge in [-0.25, -0.2) is 8.42 Å². The van der Waals surface area contributed by atoms with Crippen LogP contribution in [0.1, 0.15) is 20.8 Å². The van der Waals surface area contributed by atoms with E-state index in [4.69, 9.17) is 4.74 Å². The van der Waals surface area contributed by atoms with E-state index in [1.807, 2.05) is 11.8 Å². The molecule has 1 N–H and O–H groups in total. The summed E-state index contributed by atoms with van der Waals surface area (Å²) < 4.78 is 32.0. The number of carbonyl (C=O) groups is 1. The van der Waals surface area contributed by atoms with Crippen LogP contribution in [0.15, 0.2) is 29.2 Å². The maximum atomic E-state index is 12.7. The quantitative estimate of drug-likeness (QED) is 0.764. The van der Waals surface area contributed by atoms with E-state index in [9.17, 15) is 13.2 Å². The number of hydrogen-bond acceptors (Lipinski definition) is 5. The molecule has 1 saturated heterocycles. The molecule has 26 heavy (non-hydrogen) atoms. The SMILES string of the molecule is COc1ccc(S(=O)(=O)N2CCN(CC(=O)N[C@@H](C)C(C)C)CC2)cc1. The summed E-state index contributed by atoms with van der Waals surface area (Å²) in [5.41, 5.74) is 0. The highest BCUT2D eigenvalue weighted by molar-refractivity contribution is 7.89. The van der Waals surface area contributed by atoms with Gasteiger partial charge < -0.3 is 10.1 Å². The lowest BCUT2D eigenvalue weighted by Gasteiger charge is -2.33. The Balaban J connectivity index is 1.89. The second-order valence-corrected chi connectivity index (χ2v) is 8.89. The van der Waals surface area contributed by atoms with Crippen molar-refractivity contribution >= 4 is 15.9 Å². The van der Waals surface area contributed by atoms with E-state index in [2.05, 4.69) is 19.2 Å². The molecule has 1 aromatic carbocycles. The van der Waals surface area contributed by atoms with Gasteiger partial charge in [-0.3, -0.25) is 9.69 Å². The van der Waals surface area contributed by atoms with Crippen molar-refractivity contribution in [3.05, 3.63) is 24.3 Å². The Morgan fingerprint density at radius 3 is 2.19 bits per heavy atom. The number of amides is 1. The lowest BCUT2D eigenvalue weighted by molar-refractivity contribution is -0.123. The number of carbonyl (C=O) groups excluding carboxylic acids is 1. The molecular weight excluding hydrogens is 354 g/mol. The van der Waals surface area contributed by atoms with Gasteiger partial charge in [-0.2, -0.15) is 4.31 Å². The normalized spacial score (nSPS) is 17.9. The first-order valence-corrected chi connectivity index (χ1v) is 10.3. The van der Waals surface area contributed by atoms with Crippen molar-refractivity contribution in [3.63, 3.8) is 0 Å². The molecule has 1 aliphatic rings. The molecule has 1 heterocycles. The first-order valence-electron chi connectivity index (χ1n) is 8.90. The van der Waals surface area contributed by atoms with Crippen molar-refractivity contribution in [2.45, 2.75) is 31.7 Å². The summed E-state index contributed by atoms with van der Waals surface area (Å²) in [5.74, 6) is 0.985. The molecule has 1 aliphatic heterocycles. The number of methoxy groups -OCH3 is 1. The minimum absolute atomic E-state index is 0.0161. The van der Waals surface area contributed by atoms with Crippen LogP contribution >= 0.6 is 0 Å². The van der Waals surface area contributed by atoms with Gasteiger partial charge >= 0.3 is 0 Å². The van der Waals surface area contributed by atoms with Crippen LogP contribution in [0.3, 0.4) is 0 Å². The predicted molar refractivity (Wildman–Crippen MR) is 101 cm³/mol. The van der Waals surface area contributed by atoms with Gasteiger partial charge in [0.15, 0.2) is 0 Å². The van der Waals surface area contributed by atoms with Crippen LogP contribution in [0.4, 0.5) is 0 Å². The fourth-order valence-electron chi connectivity index (χ4n) is 2.69. The standard InChI is InChI=1S/C18H29N3O4S/c1-14(2)15(3)19-18(22)13-20-9-11-21(12-10-20)26(23,24)17-7-5-16(25-4)6-8-17/h5-8,14-15H,9-13H2,1-4H3,(H,19,22)/t15-/m0/s1. The van der Waals surface area contributed by atoms with Crippen LogP contribution in [0.2, 0.25) is 0 Å². The second kappa shape index (κ2) is 8.83. The number of ether oxygens (including phenoxy) is 1. The number of rotatable bonds is 7. The average Bonchev–Trinajstić information content (AvgIpc) is 2.62. The molecule has 0 saturated carbocycles. The smallest absolute Gasteiger partial charge is 0.243 e. The maximum absolute atomic E-state index is 12.7. The number of piperazine rings is 1. The Kier molecular flexibility index (Phi) is 7.02. The fraction of sp³-hybridized carbons (Fsp3) is 0.611. The van der Waals surface area contributed by atoms with E-state index < -0.39 is 10.0 Å². The van der Waals surface area contributed by atoms with Crippen molar-refractivity contribution in [2.75, 3.05) is 39.8 Å². The van der Waals surface area contributed by atoms with Gasteiger partial charge in [-0.05, 0) is 37.1 Å². The van der Waals surface area contributed by atoms with Crippen LogP contribution in [0.5, 0.6) is 5.75 Å². The summed E-state index contributed by atoms with van der Waals surface area (Å²) in [4.78, 5) is 14.3. The summed E-state index contributed by atoms with van der Waals surface area (Å²) in [7, 11) is -1.98. The van der Waals surface area contributed by atoms with Crippen LogP contribution in [-0.2, 0) is 14.8 Å². The third-order valence-electron chi connectivity index (χ3n) is 4.78. The van der Waals surface area contributed by atoms with Gasteiger partial charge in [-0.1, -0.05) is 13.8 Å². The van der Waals surface area contributed by atoms with Gasteiger partial charge in [0.25, 0.3) is 0 Å². The molecular formula is C18H29N3O4S. The zero-order chi connectivity index (χ0) is 19.3. The molecule has 1 atom stereocenters. The number of hydrogen-bond donors (Lipinski definition) is 1. The number of nitrogens with one attached hydrogen (secondary N) is 1. The highest BCUT2D eigenvalue weighted by atomic mass is 32.2. The Bertz CT molecular complexity index is 696. The minimum atomic E-state index is -3.52. The highest BCUT2D eigenvalue weighted by Gasteiger charge is 2.29. The molecule has 0 radical (unpaired) electrons. The number of nitrogens with zero attached hydrogens (tertiary/aromatic N) is 2. The zero-order valence-corrected chi connectivity index (χ0v) is 16.8. The largest absolute Gasteiger partial charge is 0.497 e. The average molecular weight is 384 g/mol. The zero-order valence-electron chi connectivity index (χ0n) is 15.9. The summed E-state index contributed by atoms with van der Waals surface area (Å²) >= 11 is 0. The first-order chi connectivity index (χ1) is 12.2. The Morgan fingerprint density at radius 1 is 1.12 bits per heavy atom. The molecule has 8 heteroatoms. The molecule has 146 valence electrons. The Hall–Kier alpha value is -1.64. The summed E-state index contributed by atoms with van der Waals surface area (Å²) in [6, 6.07) is 6.52. The molecule has 0 aromatic heterocycles. The lowest BCUT2D eigenvalue weighted by atomic mass is 10.1. The minimum Gasteiger partial charge on any atom is -0.497 e. The number of sulfonamides is 1. The van der Waals surface area contributed by atoms with E-state index in [-0.39, 0.29) is 16.8 Å². The van der Waals surface area contributed by atoms with Crippen LogP contribution < -0.4 is 10.1 Å². The van der Waals surface area contributed by atoms with Gasteiger partial charge in [0.2, 0.25) is 15.9 Å². The third kappa shape index (κ3) is 5.18. The van der Waals surface area contributed by atoms with Gasteiger partial charge in [-0.15, -0.1) is 0 Å². The van der Waals surface area contributed by atoms with Crippen molar-refractivity contribution in [1.29, 1.82) is 0 Å². The van der Waals surface area contributed by atoms with E-state index in [0.29, 0.717) is 44.4 Å². The van der Waals surface area contributed by atoms with Crippen molar-refractivity contribution in [3.8, 4) is 5.75 Å². The summed E-state index contributed by atoms with van der Waals surface area (Å²) in [6.07, 6.45) is 0. The van der Waals surface area contributed by atoms with Crippen LogP contribution in [0.25, 0.3) is 0 Å². The van der Waals surface area contributed by atoms with Crippen molar-refractivity contribution in [2.24, 2.45) is 5.92 Å². The van der Waals surface area contributed by atoms with E-state index >= 15 is 0 Å². The molecule has 0 spiro atoms. The maximum Gasteiger partial charge on any atom is 0.243 e. The topological polar surface area (TPSA) is 79.0 Å². The molecule has 0 unspecified atom stereocenters. The van der Waals surface area contributed by atoms with E-state index in [1.165, 1.54) is 4.31 Å². The molecule has 1 amide bonds. The van der Waals surface area contributed by atoms with Gasteiger partial charge in [0.1, 0.15) is 5.75 Å². The molecule has 2 rings (SSSR count). The monoisotopic (exact) mass is 383 g/mol. The molecule has 7 nitrogen and oxygen atoms in total. The highest BCUT2D eigenvalue weighted by Crippen LogP contribution is 2.20.